The zero-order valence-corrected chi connectivity index (χ0v) is 7.60. The molecule has 0 bridgehead atoms. The van der Waals surface area contributed by atoms with Crippen LogP contribution in [0.15, 0.2) is 42.7 Å². The summed E-state index contributed by atoms with van der Waals surface area (Å²) >= 11 is 0. The number of hydrogen-bond donors (Lipinski definition) is 0. The molecule has 14 heavy (non-hydrogen) atoms. The average molecular weight is 190 g/mol. The van der Waals surface area contributed by atoms with Crippen molar-refractivity contribution < 1.29 is 14.3 Å². The molecule has 1 aromatic carbocycles. The van der Waals surface area contributed by atoms with Crippen LogP contribution in [0.2, 0.25) is 0 Å². The molecule has 3 heteroatoms. The molecular formula is C11H10O3. The van der Waals surface area contributed by atoms with Crippen LogP contribution in [0.1, 0.15) is 16.8 Å². The molecule has 0 amide bonds. The van der Waals surface area contributed by atoms with Gasteiger partial charge in [-0.15, -0.1) is 0 Å². The summed E-state index contributed by atoms with van der Waals surface area (Å²) in [5.41, 5.74) is 0.444. The number of ether oxygens (including phenoxy) is 1. The molecule has 0 spiro atoms. The summed E-state index contributed by atoms with van der Waals surface area (Å²) in [6, 6.07) is 8.54. The zero-order valence-electron chi connectivity index (χ0n) is 7.60. The van der Waals surface area contributed by atoms with E-state index in [4.69, 9.17) is 4.74 Å². The van der Waals surface area contributed by atoms with Crippen LogP contribution in [-0.2, 0) is 9.53 Å². The standard InChI is InChI=1S/C11H10O3/c1-9(7-8-12)14-11(13)10-5-3-2-4-6-10/h2-6,8H,1,7H2. The first-order valence-electron chi connectivity index (χ1n) is 4.12. The van der Waals surface area contributed by atoms with Crippen LogP contribution in [0.25, 0.3) is 0 Å². The van der Waals surface area contributed by atoms with Gasteiger partial charge in [0.25, 0.3) is 0 Å². The SMILES string of the molecule is C=C(CC=O)OC(=O)c1ccccc1. The Morgan fingerprint density at radius 3 is 2.57 bits per heavy atom. The molecule has 0 aliphatic carbocycles. The number of rotatable bonds is 4. The molecule has 0 saturated carbocycles. The molecule has 0 atom stereocenters. The Kier molecular flexibility index (Phi) is 3.61. The van der Waals surface area contributed by atoms with Crippen LogP contribution in [0.4, 0.5) is 0 Å². The Labute approximate surface area is 82.0 Å². The first kappa shape index (κ1) is 10.2. The Morgan fingerprint density at radius 2 is 2.00 bits per heavy atom. The maximum atomic E-state index is 11.3. The number of benzene rings is 1. The summed E-state index contributed by atoms with van der Waals surface area (Å²) < 4.78 is 4.81. The summed E-state index contributed by atoms with van der Waals surface area (Å²) in [6.45, 7) is 3.44. The van der Waals surface area contributed by atoms with Crippen LogP contribution in [0.3, 0.4) is 0 Å². The lowest BCUT2D eigenvalue weighted by atomic mass is 10.2. The third-order valence-corrected chi connectivity index (χ3v) is 1.56. The second-order valence-corrected chi connectivity index (χ2v) is 2.67. The van der Waals surface area contributed by atoms with Crippen LogP contribution in [0.5, 0.6) is 0 Å². The topological polar surface area (TPSA) is 43.4 Å². The normalized spacial score (nSPS) is 9.14. The van der Waals surface area contributed by atoms with Crippen LogP contribution in [0, 0.1) is 0 Å². The third-order valence-electron chi connectivity index (χ3n) is 1.56. The minimum atomic E-state index is -0.488. The number of allylic oxidation sites excluding steroid dienone is 1. The molecule has 0 heterocycles. The van der Waals surface area contributed by atoms with Crippen molar-refractivity contribution in [3.05, 3.63) is 48.2 Å². The first-order valence-corrected chi connectivity index (χ1v) is 4.12. The highest BCUT2D eigenvalue weighted by molar-refractivity contribution is 5.90. The van der Waals surface area contributed by atoms with Gasteiger partial charge >= 0.3 is 5.97 Å². The average Bonchev–Trinajstić information content (AvgIpc) is 2.19. The molecule has 0 saturated heterocycles. The summed E-state index contributed by atoms with van der Waals surface area (Å²) in [5, 5.41) is 0. The van der Waals surface area contributed by atoms with E-state index in [1.165, 1.54) is 0 Å². The fourth-order valence-electron chi connectivity index (χ4n) is 0.899. The number of carbonyl (C=O) groups is 2. The van der Waals surface area contributed by atoms with Gasteiger partial charge in [0.05, 0.1) is 12.0 Å². The third kappa shape index (κ3) is 2.86. The summed E-state index contributed by atoms with van der Waals surface area (Å²) in [5.74, 6) is -0.327. The Balaban J connectivity index is 2.59. The molecule has 0 aromatic heterocycles. The van der Waals surface area contributed by atoms with Crippen molar-refractivity contribution in [3.63, 3.8) is 0 Å². The lowest BCUT2D eigenvalue weighted by Crippen LogP contribution is -2.04. The summed E-state index contributed by atoms with van der Waals surface area (Å²) in [4.78, 5) is 21.4. The van der Waals surface area contributed by atoms with Gasteiger partial charge in [-0.2, -0.15) is 0 Å². The molecule has 1 rings (SSSR count). The smallest absolute Gasteiger partial charge is 0.343 e. The van der Waals surface area contributed by atoms with Crippen molar-refractivity contribution >= 4 is 12.3 Å². The monoisotopic (exact) mass is 190 g/mol. The van der Waals surface area contributed by atoms with Gasteiger partial charge in [0.2, 0.25) is 0 Å². The lowest BCUT2D eigenvalue weighted by molar-refractivity contribution is -0.107. The van der Waals surface area contributed by atoms with Crippen molar-refractivity contribution in [2.75, 3.05) is 0 Å². The molecule has 0 unspecified atom stereocenters. The molecular weight excluding hydrogens is 180 g/mol. The van der Waals surface area contributed by atoms with Gasteiger partial charge < -0.3 is 9.53 Å². The molecule has 1 aromatic rings. The van der Waals surface area contributed by atoms with E-state index in [2.05, 4.69) is 6.58 Å². The largest absolute Gasteiger partial charge is 0.428 e. The Hall–Kier alpha value is -1.90. The van der Waals surface area contributed by atoms with Crippen molar-refractivity contribution in [2.24, 2.45) is 0 Å². The van der Waals surface area contributed by atoms with Gasteiger partial charge in [0.15, 0.2) is 0 Å². The van der Waals surface area contributed by atoms with Gasteiger partial charge in [-0.3, -0.25) is 0 Å². The van der Waals surface area contributed by atoms with Crippen molar-refractivity contribution in [1.29, 1.82) is 0 Å². The van der Waals surface area contributed by atoms with Crippen LogP contribution < -0.4 is 0 Å². The van der Waals surface area contributed by atoms with Gasteiger partial charge in [-0.25, -0.2) is 4.79 Å². The quantitative estimate of drug-likeness (QED) is 0.414. The van der Waals surface area contributed by atoms with E-state index in [0.717, 1.165) is 0 Å². The molecule has 0 N–H and O–H groups in total. The maximum absolute atomic E-state index is 11.3. The van der Waals surface area contributed by atoms with E-state index in [1.54, 1.807) is 30.3 Å². The summed E-state index contributed by atoms with van der Waals surface area (Å²) in [7, 11) is 0. The number of hydrogen-bond acceptors (Lipinski definition) is 3. The predicted octanol–water partition coefficient (Wildman–Crippen LogP) is 1.95. The number of carbonyl (C=O) groups excluding carboxylic acids is 2. The Morgan fingerprint density at radius 1 is 1.36 bits per heavy atom. The van der Waals surface area contributed by atoms with E-state index in [0.29, 0.717) is 11.8 Å². The van der Waals surface area contributed by atoms with Crippen molar-refractivity contribution in [2.45, 2.75) is 6.42 Å². The molecule has 72 valence electrons. The molecule has 0 aliphatic heterocycles. The molecule has 3 nitrogen and oxygen atoms in total. The minimum Gasteiger partial charge on any atom is -0.428 e. The Bertz CT molecular complexity index is 341. The van der Waals surface area contributed by atoms with Crippen molar-refractivity contribution in [1.82, 2.24) is 0 Å². The fourth-order valence-corrected chi connectivity index (χ4v) is 0.899. The van der Waals surface area contributed by atoms with Gasteiger partial charge in [0.1, 0.15) is 12.0 Å². The van der Waals surface area contributed by atoms with Gasteiger partial charge in [-0.1, -0.05) is 24.8 Å². The van der Waals surface area contributed by atoms with Crippen LogP contribution in [-0.4, -0.2) is 12.3 Å². The van der Waals surface area contributed by atoms with E-state index in [1.807, 2.05) is 0 Å². The highest BCUT2D eigenvalue weighted by Gasteiger charge is 2.07. The van der Waals surface area contributed by atoms with E-state index < -0.39 is 5.97 Å². The van der Waals surface area contributed by atoms with Gasteiger partial charge in [0, 0.05) is 0 Å². The fraction of sp³-hybridized carbons (Fsp3) is 0.0909. The number of aldehydes is 1. The lowest BCUT2D eigenvalue weighted by Gasteiger charge is -2.03. The molecule has 0 fully saturated rings. The highest BCUT2D eigenvalue weighted by Crippen LogP contribution is 2.06. The number of esters is 1. The maximum Gasteiger partial charge on any atom is 0.343 e. The van der Waals surface area contributed by atoms with E-state index in [-0.39, 0.29) is 12.2 Å². The second kappa shape index (κ2) is 4.97. The van der Waals surface area contributed by atoms with E-state index in [9.17, 15) is 9.59 Å². The predicted molar refractivity (Wildman–Crippen MR) is 51.7 cm³/mol. The highest BCUT2D eigenvalue weighted by atomic mass is 16.5. The van der Waals surface area contributed by atoms with Crippen LogP contribution >= 0.6 is 0 Å². The van der Waals surface area contributed by atoms with Crippen molar-refractivity contribution in [3.8, 4) is 0 Å². The molecule has 0 aliphatic rings. The first-order chi connectivity index (χ1) is 6.74. The second-order valence-electron chi connectivity index (χ2n) is 2.67. The summed E-state index contributed by atoms with van der Waals surface area (Å²) in [6.07, 6.45) is 0.680. The zero-order chi connectivity index (χ0) is 10.4. The van der Waals surface area contributed by atoms with Gasteiger partial charge in [-0.05, 0) is 12.1 Å². The molecule has 0 radical (unpaired) electrons. The van der Waals surface area contributed by atoms with E-state index >= 15 is 0 Å². The minimum absolute atomic E-state index is 0.0403.